The van der Waals surface area contributed by atoms with Crippen LogP contribution in [0.2, 0.25) is 0 Å². The second-order valence-corrected chi connectivity index (χ2v) is 7.42. The van der Waals surface area contributed by atoms with E-state index >= 15 is 0 Å². The smallest absolute Gasteiger partial charge is 0.415 e. The zero-order valence-electron chi connectivity index (χ0n) is 12.2. The Hall–Kier alpha value is -1.10. The molecule has 2 heterocycles. The minimum Gasteiger partial charge on any atom is -0.443 e. The molecular weight excluding hydrogens is 320 g/mol. The van der Waals surface area contributed by atoms with Crippen molar-refractivity contribution >= 4 is 27.7 Å². The summed E-state index contributed by atoms with van der Waals surface area (Å²) in [5.41, 5.74) is 2.58. The predicted octanol–water partition coefficient (Wildman–Crippen LogP) is 4.15. The lowest BCUT2D eigenvalue weighted by Gasteiger charge is -2.36. The van der Waals surface area contributed by atoms with E-state index in [1.165, 1.54) is 0 Å². The van der Waals surface area contributed by atoms with E-state index in [-0.39, 0.29) is 12.1 Å². The summed E-state index contributed by atoms with van der Waals surface area (Å²) in [5.74, 6) is 0.379. The number of fused-ring (bicyclic) bond motifs is 3. The van der Waals surface area contributed by atoms with Crippen LogP contribution in [0.5, 0.6) is 0 Å². The normalized spacial score (nSPS) is 23.9. The molecule has 0 bridgehead atoms. The van der Waals surface area contributed by atoms with E-state index in [1.807, 2.05) is 38.8 Å². The maximum absolute atomic E-state index is 12.5. The second kappa shape index (κ2) is 4.45. The third kappa shape index (κ3) is 2.03. The van der Waals surface area contributed by atoms with Gasteiger partial charge < -0.3 is 4.74 Å². The zero-order chi connectivity index (χ0) is 14.7. The van der Waals surface area contributed by atoms with Crippen LogP contribution in [0.3, 0.4) is 0 Å². The Bertz CT molecular complexity index is 580. The number of amides is 1. The van der Waals surface area contributed by atoms with Gasteiger partial charge in [-0.05, 0) is 62.0 Å². The Morgan fingerprint density at radius 1 is 1.45 bits per heavy atom. The summed E-state index contributed by atoms with van der Waals surface area (Å²) < 4.78 is 6.51. The van der Waals surface area contributed by atoms with Crippen molar-refractivity contribution < 1.29 is 9.53 Å². The van der Waals surface area contributed by atoms with E-state index in [1.54, 1.807) is 0 Å². The fourth-order valence-corrected chi connectivity index (χ4v) is 3.27. The van der Waals surface area contributed by atoms with Gasteiger partial charge in [-0.15, -0.1) is 0 Å². The number of nitrogens with zero attached hydrogens (tertiary/aromatic N) is 2. The monoisotopic (exact) mass is 338 g/mol. The van der Waals surface area contributed by atoms with E-state index < -0.39 is 5.60 Å². The van der Waals surface area contributed by atoms with Crippen molar-refractivity contribution in [1.29, 1.82) is 0 Å². The molecule has 108 valence electrons. The van der Waals surface area contributed by atoms with Crippen LogP contribution < -0.4 is 4.90 Å². The fourth-order valence-electron chi connectivity index (χ4n) is 2.98. The van der Waals surface area contributed by atoms with Gasteiger partial charge in [-0.1, -0.05) is 0 Å². The fraction of sp³-hybridized carbons (Fsp3) is 0.600. The van der Waals surface area contributed by atoms with Gasteiger partial charge in [0.1, 0.15) is 5.60 Å². The summed E-state index contributed by atoms with van der Waals surface area (Å²) in [6.45, 7) is 7.71. The molecule has 3 rings (SSSR count). The van der Waals surface area contributed by atoms with Crippen LogP contribution >= 0.6 is 15.9 Å². The number of pyridine rings is 1. The molecule has 2 unspecified atom stereocenters. The van der Waals surface area contributed by atoms with Gasteiger partial charge in [-0.25, -0.2) is 4.79 Å². The van der Waals surface area contributed by atoms with Crippen LogP contribution in [0.1, 0.15) is 50.8 Å². The van der Waals surface area contributed by atoms with Crippen molar-refractivity contribution in [2.45, 2.75) is 58.1 Å². The largest absolute Gasteiger partial charge is 0.443 e. The van der Waals surface area contributed by atoms with Crippen molar-refractivity contribution in [3.8, 4) is 0 Å². The third-order valence-electron chi connectivity index (χ3n) is 4.02. The number of carbonyl (C=O) groups excluding carboxylic acids is 1. The molecule has 0 aromatic carbocycles. The van der Waals surface area contributed by atoms with E-state index in [9.17, 15) is 4.79 Å². The second-order valence-electron chi connectivity index (χ2n) is 6.57. The first-order valence-electron chi connectivity index (χ1n) is 6.97. The van der Waals surface area contributed by atoms with Gasteiger partial charge in [0.25, 0.3) is 0 Å². The lowest BCUT2D eigenvalue weighted by atomic mass is 9.79. The number of hydrogen-bond acceptors (Lipinski definition) is 3. The van der Waals surface area contributed by atoms with E-state index in [2.05, 4.69) is 20.9 Å². The topological polar surface area (TPSA) is 42.4 Å². The van der Waals surface area contributed by atoms with Crippen LogP contribution in [0, 0.1) is 6.92 Å². The predicted molar refractivity (Wildman–Crippen MR) is 81.2 cm³/mol. The van der Waals surface area contributed by atoms with Crippen LogP contribution in [0.15, 0.2) is 10.7 Å². The van der Waals surface area contributed by atoms with Gasteiger partial charge in [-0.2, -0.15) is 0 Å². The molecule has 1 amide bonds. The highest BCUT2D eigenvalue weighted by Crippen LogP contribution is 2.52. The van der Waals surface area contributed by atoms with Crippen molar-refractivity contribution in [2.75, 3.05) is 4.90 Å². The van der Waals surface area contributed by atoms with E-state index in [4.69, 9.17) is 4.74 Å². The molecule has 0 saturated heterocycles. The maximum Gasteiger partial charge on any atom is 0.415 e. The average molecular weight is 339 g/mol. The van der Waals surface area contributed by atoms with Crippen LogP contribution in [0.4, 0.5) is 10.5 Å². The van der Waals surface area contributed by atoms with Gasteiger partial charge in [0.15, 0.2) is 0 Å². The van der Waals surface area contributed by atoms with Gasteiger partial charge in [0.05, 0.1) is 11.4 Å². The Labute approximate surface area is 127 Å². The molecule has 20 heavy (non-hydrogen) atoms. The third-order valence-corrected chi connectivity index (χ3v) is 4.82. The summed E-state index contributed by atoms with van der Waals surface area (Å²) in [6.07, 6.45) is 3.71. The standard InChI is InChI=1S/C15H19BrN2O2/c1-8-10(16)7-17-12-9-5-6-11(9)18(13(8)12)14(19)20-15(2,3)4/h7,9,11H,5-6H2,1-4H3. The summed E-state index contributed by atoms with van der Waals surface area (Å²) in [7, 11) is 0. The Morgan fingerprint density at radius 3 is 2.70 bits per heavy atom. The van der Waals surface area contributed by atoms with Crippen molar-refractivity contribution in [3.05, 3.63) is 21.9 Å². The summed E-state index contributed by atoms with van der Waals surface area (Å²) in [6, 6.07) is 0.223. The number of halogens is 1. The maximum atomic E-state index is 12.5. The lowest BCUT2D eigenvalue weighted by molar-refractivity contribution is 0.0551. The SMILES string of the molecule is Cc1c(Br)cnc2c1N(C(=O)OC(C)(C)C)C1CCC21. The Kier molecular flexibility index (Phi) is 3.08. The molecule has 0 spiro atoms. The number of anilines is 1. The van der Waals surface area contributed by atoms with Crippen LogP contribution in [-0.2, 0) is 4.74 Å². The molecule has 2 atom stereocenters. The van der Waals surface area contributed by atoms with Gasteiger partial charge in [-0.3, -0.25) is 9.88 Å². The first-order valence-corrected chi connectivity index (χ1v) is 7.76. The molecule has 1 aliphatic carbocycles. The number of rotatable bonds is 0. The molecule has 1 aromatic rings. The highest BCUT2D eigenvalue weighted by molar-refractivity contribution is 9.10. The summed E-state index contributed by atoms with van der Waals surface area (Å²) in [5, 5.41) is 0. The minimum absolute atomic E-state index is 0.223. The van der Waals surface area contributed by atoms with Gasteiger partial charge in [0.2, 0.25) is 0 Å². The van der Waals surface area contributed by atoms with Crippen molar-refractivity contribution in [3.63, 3.8) is 0 Å². The molecular formula is C15H19BrN2O2. The van der Waals surface area contributed by atoms with E-state index in [0.717, 1.165) is 34.3 Å². The number of aromatic nitrogens is 1. The molecule has 0 radical (unpaired) electrons. The van der Waals surface area contributed by atoms with Gasteiger partial charge >= 0.3 is 6.09 Å². The minimum atomic E-state index is -0.480. The van der Waals surface area contributed by atoms with Crippen molar-refractivity contribution in [2.24, 2.45) is 0 Å². The average Bonchev–Trinajstić information content (AvgIpc) is 2.50. The first kappa shape index (κ1) is 13.9. The molecule has 1 fully saturated rings. The number of hydrogen-bond donors (Lipinski definition) is 0. The molecule has 2 aliphatic rings. The highest BCUT2D eigenvalue weighted by Gasteiger charge is 2.50. The molecule has 1 aliphatic heterocycles. The lowest BCUT2D eigenvalue weighted by Crippen LogP contribution is -2.46. The molecule has 5 heteroatoms. The van der Waals surface area contributed by atoms with Gasteiger partial charge in [0, 0.05) is 22.6 Å². The Morgan fingerprint density at radius 2 is 2.15 bits per heavy atom. The highest BCUT2D eigenvalue weighted by atomic mass is 79.9. The zero-order valence-corrected chi connectivity index (χ0v) is 13.8. The number of carbonyl (C=O) groups is 1. The summed E-state index contributed by atoms with van der Waals surface area (Å²) in [4.78, 5) is 18.9. The number of ether oxygens (including phenoxy) is 1. The molecule has 1 saturated carbocycles. The molecule has 1 aromatic heterocycles. The quantitative estimate of drug-likeness (QED) is 0.713. The summed E-state index contributed by atoms with van der Waals surface area (Å²) >= 11 is 3.51. The first-order chi connectivity index (χ1) is 9.29. The molecule has 4 nitrogen and oxygen atoms in total. The van der Waals surface area contributed by atoms with E-state index in [0.29, 0.717) is 5.92 Å². The molecule has 0 N–H and O–H groups in total. The van der Waals surface area contributed by atoms with Crippen molar-refractivity contribution in [1.82, 2.24) is 4.98 Å². The van der Waals surface area contributed by atoms with Crippen LogP contribution in [-0.4, -0.2) is 22.7 Å². The van der Waals surface area contributed by atoms with Crippen LogP contribution in [0.25, 0.3) is 0 Å². The Balaban J connectivity index is 2.02.